The summed E-state index contributed by atoms with van der Waals surface area (Å²) >= 11 is 0. The molecule has 0 saturated carbocycles. The molecule has 0 fully saturated rings. The fourth-order valence-corrected chi connectivity index (χ4v) is 1.56. The largest absolute Gasteiger partial charge is 0.480 e. The van der Waals surface area contributed by atoms with Crippen molar-refractivity contribution in [2.24, 2.45) is 0 Å². The second-order valence-corrected chi connectivity index (χ2v) is 4.34. The van der Waals surface area contributed by atoms with Crippen LogP contribution in [0.1, 0.15) is 34.1 Å². The average Bonchev–Trinajstić information content (AvgIpc) is 2.16. The average molecular weight is 216 g/mol. The van der Waals surface area contributed by atoms with Crippen molar-refractivity contribution < 1.29 is 9.90 Å². The zero-order valence-electron chi connectivity index (χ0n) is 10.5. The molecule has 4 heteroatoms. The van der Waals surface area contributed by atoms with Crippen molar-refractivity contribution >= 4 is 5.97 Å². The minimum atomic E-state index is -0.854. The van der Waals surface area contributed by atoms with Crippen LogP contribution in [0, 0.1) is 0 Å². The molecule has 15 heavy (non-hydrogen) atoms. The van der Waals surface area contributed by atoms with E-state index in [-0.39, 0.29) is 0 Å². The first-order valence-corrected chi connectivity index (χ1v) is 5.56. The molecular formula is C11H24N2O2. The van der Waals surface area contributed by atoms with Crippen LogP contribution in [0.4, 0.5) is 0 Å². The molecule has 0 aromatic rings. The smallest absolute Gasteiger partial charge is 0.324 e. The monoisotopic (exact) mass is 216 g/mol. The Kier molecular flexibility index (Phi) is 5.83. The van der Waals surface area contributed by atoms with Crippen molar-refractivity contribution in [2.75, 3.05) is 20.1 Å². The van der Waals surface area contributed by atoms with Gasteiger partial charge in [-0.25, -0.2) is 0 Å². The molecule has 0 heterocycles. The molecule has 0 aliphatic heterocycles. The van der Waals surface area contributed by atoms with E-state index in [2.05, 4.69) is 24.1 Å². The van der Waals surface area contributed by atoms with Crippen LogP contribution >= 0.6 is 0 Å². The third-order valence-electron chi connectivity index (χ3n) is 2.95. The highest BCUT2D eigenvalue weighted by molar-refractivity contribution is 5.78. The van der Waals surface area contributed by atoms with Gasteiger partial charge in [0.25, 0.3) is 0 Å². The summed E-state index contributed by atoms with van der Waals surface area (Å²) in [7, 11) is 1.96. The lowest BCUT2D eigenvalue weighted by Gasteiger charge is -2.33. The standard InChI is InChI=1S/C11H24N2O2/c1-6-9(3)13(5)8-11(4,10(14)15)12-7-2/h9,12H,6-8H2,1-5H3,(H,14,15). The minimum Gasteiger partial charge on any atom is -0.480 e. The van der Waals surface area contributed by atoms with Crippen molar-refractivity contribution in [2.45, 2.75) is 45.7 Å². The predicted molar refractivity (Wildman–Crippen MR) is 62.1 cm³/mol. The Labute approximate surface area is 92.7 Å². The number of carbonyl (C=O) groups is 1. The molecule has 0 radical (unpaired) electrons. The second-order valence-electron chi connectivity index (χ2n) is 4.34. The number of aliphatic carboxylic acids is 1. The quantitative estimate of drug-likeness (QED) is 0.671. The molecule has 90 valence electrons. The second kappa shape index (κ2) is 6.08. The van der Waals surface area contributed by atoms with Gasteiger partial charge in [0.2, 0.25) is 0 Å². The van der Waals surface area contributed by atoms with E-state index in [9.17, 15) is 9.90 Å². The maximum atomic E-state index is 11.2. The van der Waals surface area contributed by atoms with Gasteiger partial charge in [-0.05, 0) is 33.9 Å². The summed E-state index contributed by atoms with van der Waals surface area (Å²) in [5, 5.41) is 12.2. The van der Waals surface area contributed by atoms with Gasteiger partial charge in [-0.3, -0.25) is 4.79 Å². The van der Waals surface area contributed by atoms with Crippen LogP contribution in [0.25, 0.3) is 0 Å². The van der Waals surface area contributed by atoms with Gasteiger partial charge < -0.3 is 15.3 Å². The van der Waals surface area contributed by atoms with Gasteiger partial charge in [0.1, 0.15) is 5.54 Å². The number of nitrogens with zero attached hydrogens (tertiary/aromatic N) is 1. The topological polar surface area (TPSA) is 52.6 Å². The summed E-state index contributed by atoms with van der Waals surface area (Å²) in [5.74, 6) is -0.792. The highest BCUT2D eigenvalue weighted by Gasteiger charge is 2.33. The molecule has 2 atom stereocenters. The zero-order chi connectivity index (χ0) is 12.1. The van der Waals surface area contributed by atoms with Crippen LogP contribution in [0.2, 0.25) is 0 Å². The van der Waals surface area contributed by atoms with Crippen molar-refractivity contribution in [1.82, 2.24) is 10.2 Å². The number of hydrogen-bond donors (Lipinski definition) is 2. The SMILES string of the molecule is CCNC(C)(CN(C)C(C)CC)C(=O)O. The summed E-state index contributed by atoms with van der Waals surface area (Å²) in [6, 6.07) is 0.405. The third kappa shape index (κ3) is 4.18. The Morgan fingerprint density at radius 1 is 1.53 bits per heavy atom. The van der Waals surface area contributed by atoms with Gasteiger partial charge in [-0.15, -0.1) is 0 Å². The summed E-state index contributed by atoms with van der Waals surface area (Å²) < 4.78 is 0. The number of likely N-dealkylation sites (N-methyl/N-ethyl adjacent to an activating group) is 2. The van der Waals surface area contributed by atoms with Gasteiger partial charge in [-0.2, -0.15) is 0 Å². The van der Waals surface area contributed by atoms with Gasteiger partial charge in [0, 0.05) is 12.6 Å². The molecule has 2 N–H and O–H groups in total. The van der Waals surface area contributed by atoms with Gasteiger partial charge in [-0.1, -0.05) is 13.8 Å². The first-order valence-electron chi connectivity index (χ1n) is 5.56. The third-order valence-corrected chi connectivity index (χ3v) is 2.95. The number of carboxylic acid groups (broad SMARTS) is 1. The molecule has 4 nitrogen and oxygen atoms in total. The Hall–Kier alpha value is -0.610. The van der Waals surface area contributed by atoms with Crippen LogP contribution in [0.15, 0.2) is 0 Å². The molecule has 2 unspecified atom stereocenters. The number of rotatable bonds is 7. The molecule has 0 bridgehead atoms. The zero-order valence-corrected chi connectivity index (χ0v) is 10.5. The van der Waals surface area contributed by atoms with Crippen molar-refractivity contribution in [3.8, 4) is 0 Å². The van der Waals surface area contributed by atoms with Gasteiger partial charge in [0.15, 0.2) is 0 Å². The molecule has 0 saturated heterocycles. The Morgan fingerprint density at radius 2 is 2.07 bits per heavy atom. The molecule has 0 aliphatic carbocycles. The van der Waals surface area contributed by atoms with Crippen molar-refractivity contribution in [3.63, 3.8) is 0 Å². The first kappa shape index (κ1) is 14.4. The Bertz CT molecular complexity index is 209. The molecular weight excluding hydrogens is 192 g/mol. The van der Waals surface area contributed by atoms with Gasteiger partial charge >= 0.3 is 5.97 Å². The Morgan fingerprint density at radius 3 is 2.40 bits per heavy atom. The number of hydrogen-bond acceptors (Lipinski definition) is 3. The summed E-state index contributed by atoms with van der Waals surface area (Å²) in [4.78, 5) is 13.2. The summed E-state index contributed by atoms with van der Waals surface area (Å²) in [6.45, 7) is 9.05. The lowest BCUT2D eigenvalue weighted by Crippen LogP contribution is -2.57. The van der Waals surface area contributed by atoms with Crippen molar-refractivity contribution in [1.29, 1.82) is 0 Å². The van der Waals surface area contributed by atoms with E-state index in [0.717, 1.165) is 6.42 Å². The normalized spacial score (nSPS) is 17.5. The van der Waals surface area contributed by atoms with E-state index in [1.165, 1.54) is 0 Å². The maximum absolute atomic E-state index is 11.2. The van der Waals surface area contributed by atoms with E-state index in [4.69, 9.17) is 0 Å². The van der Waals surface area contributed by atoms with E-state index in [1.807, 2.05) is 14.0 Å². The van der Waals surface area contributed by atoms with Crippen LogP contribution in [-0.4, -0.2) is 47.7 Å². The van der Waals surface area contributed by atoms with Crippen molar-refractivity contribution in [3.05, 3.63) is 0 Å². The fraction of sp³-hybridized carbons (Fsp3) is 0.909. The highest BCUT2D eigenvalue weighted by Crippen LogP contribution is 2.10. The lowest BCUT2D eigenvalue weighted by atomic mass is 10.0. The first-order chi connectivity index (χ1) is 6.87. The fourth-order valence-electron chi connectivity index (χ4n) is 1.56. The van der Waals surface area contributed by atoms with E-state index in [0.29, 0.717) is 19.1 Å². The van der Waals surface area contributed by atoms with E-state index < -0.39 is 11.5 Å². The van der Waals surface area contributed by atoms with Crippen LogP contribution in [-0.2, 0) is 4.79 Å². The molecule has 0 aromatic carbocycles. The lowest BCUT2D eigenvalue weighted by molar-refractivity contribution is -0.145. The summed E-state index contributed by atoms with van der Waals surface area (Å²) in [5.41, 5.74) is -0.854. The van der Waals surface area contributed by atoms with Crippen LogP contribution in [0.5, 0.6) is 0 Å². The molecule has 0 amide bonds. The van der Waals surface area contributed by atoms with Crippen LogP contribution < -0.4 is 5.32 Å². The van der Waals surface area contributed by atoms with E-state index in [1.54, 1.807) is 6.92 Å². The molecule has 0 aliphatic rings. The summed E-state index contributed by atoms with van der Waals surface area (Å²) in [6.07, 6.45) is 1.03. The van der Waals surface area contributed by atoms with Crippen LogP contribution in [0.3, 0.4) is 0 Å². The number of nitrogens with one attached hydrogen (secondary N) is 1. The molecule has 0 rings (SSSR count). The van der Waals surface area contributed by atoms with E-state index >= 15 is 0 Å². The predicted octanol–water partition coefficient (Wildman–Crippen LogP) is 1.17. The maximum Gasteiger partial charge on any atom is 0.324 e. The molecule has 0 spiro atoms. The minimum absolute atomic E-state index is 0.405. The number of carboxylic acids is 1. The molecule has 0 aromatic heterocycles. The van der Waals surface area contributed by atoms with Gasteiger partial charge in [0.05, 0.1) is 0 Å². The Balaban J connectivity index is 4.47. The highest BCUT2D eigenvalue weighted by atomic mass is 16.4.